The van der Waals surface area contributed by atoms with E-state index in [4.69, 9.17) is 0 Å². The lowest BCUT2D eigenvalue weighted by molar-refractivity contribution is -0.130. The molecule has 1 atom stereocenters. The molecule has 1 N–H and O–H groups in total. The van der Waals surface area contributed by atoms with Gasteiger partial charge in [-0.25, -0.2) is 0 Å². The zero-order valence-corrected chi connectivity index (χ0v) is 11.0. The zero-order chi connectivity index (χ0) is 12.5. The molecule has 4 heteroatoms. The molecule has 98 valence electrons. The molecule has 3 rings (SSSR count). The number of H-pyrrole nitrogens is 1. The van der Waals surface area contributed by atoms with Crippen LogP contribution in [0.1, 0.15) is 37.1 Å². The third kappa shape index (κ3) is 2.57. The highest BCUT2D eigenvalue weighted by Gasteiger charge is 2.36. The third-order valence-electron chi connectivity index (χ3n) is 4.22. The largest absolute Gasteiger partial charge is 0.342 e. The van der Waals surface area contributed by atoms with Crippen LogP contribution in [0.25, 0.3) is 0 Å². The summed E-state index contributed by atoms with van der Waals surface area (Å²) in [5.41, 5.74) is 2.06. The number of nitrogens with one attached hydrogen (secondary N) is 1. The first-order valence-corrected chi connectivity index (χ1v) is 7.01. The lowest BCUT2D eigenvalue weighted by atomic mass is 10.0. The maximum absolute atomic E-state index is 12.1. The lowest BCUT2D eigenvalue weighted by Gasteiger charge is -2.16. The van der Waals surface area contributed by atoms with E-state index in [-0.39, 0.29) is 0 Å². The van der Waals surface area contributed by atoms with Gasteiger partial charge in [0.25, 0.3) is 0 Å². The number of nitrogens with zero attached hydrogens (tertiary/aromatic N) is 2. The molecule has 1 aromatic heterocycles. The Bertz CT molecular complexity index is 436. The van der Waals surface area contributed by atoms with Gasteiger partial charge in [0, 0.05) is 31.6 Å². The van der Waals surface area contributed by atoms with Gasteiger partial charge in [0.15, 0.2) is 0 Å². The predicted molar refractivity (Wildman–Crippen MR) is 69.1 cm³/mol. The van der Waals surface area contributed by atoms with Crippen LogP contribution in [-0.2, 0) is 11.2 Å². The summed E-state index contributed by atoms with van der Waals surface area (Å²) < 4.78 is 0. The van der Waals surface area contributed by atoms with Crippen molar-refractivity contribution in [1.29, 1.82) is 0 Å². The van der Waals surface area contributed by atoms with Crippen LogP contribution in [0.3, 0.4) is 0 Å². The SMILES string of the molecule is Cc1cc(CCC(=O)N2CCC(C3CC3)C2)n[nH]1. The van der Waals surface area contributed by atoms with Gasteiger partial charge in [-0.15, -0.1) is 0 Å². The Labute approximate surface area is 108 Å². The molecular weight excluding hydrogens is 226 g/mol. The topological polar surface area (TPSA) is 49.0 Å². The van der Waals surface area contributed by atoms with E-state index < -0.39 is 0 Å². The normalized spacial score (nSPS) is 23.6. The Balaban J connectivity index is 1.46. The Kier molecular flexibility index (Phi) is 3.10. The van der Waals surface area contributed by atoms with Crippen LogP contribution in [0.4, 0.5) is 0 Å². The predicted octanol–water partition coefficient (Wildman–Crippen LogP) is 1.91. The Morgan fingerprint density at radius 3 is 2.94 bits per heavy atom. The van der Waals surface area contributed by atoms with Crippen molar-refractivity contribution in [2.24, 2.45) is 11.8 Å². The van der Waals surface area contributed by atoms with E-state index in [0.29, 0.717) is 12.3 Å². The smallest absolute Gasteiger partial charge is 0.222 e. The molecule has 0 bridgehead atoms. The van der Waals surface area contributed by atoms with Gasteiger partial charge in [-0.1, -0.05) is 0 Å². The Morgan fingerprint density at radius 1 is 1.44 bits per heavy atom. The highest BCUT2D eigenvalue weighted by molar-refractivity contribution is 5.76. The maximum atomic E-state index is 12.1. The van der Waals surface area contributed by atoms with Crippen molar-refractivity contribution < 1.29 is 4.79 Å². The standard InChI is InChI=1S/C14H21N3O/c1-10-8-13(16-15-10)4-5-14(18)17-7-6-12(9-17)11-2-3-11/h8,11-12H,2-7,9H2,1H3,(H,15,16). The first-order valence-electron chi connectivity index (χ1n) is 7.01. The summed E-state index contributed by atoms with van der Waals surface area (Å²) in [6, 6.07) is 2.02. The summed E-state index contributed by atoms with van der Waals surface area (Å²) in [4.78, 5) is 14.2. The first kappa shape index (κ1) is 11.8. The van der Waals surface area contributed by atoms with Crippen molar-refractivity contribution in [1.82, 2.24) is 15.1 Å². The highest BCUT2D eigenvalue weighted by atomic mass is 16.2. The number of aryl methyl sites for hydroxylation is 2. The fraction of sp³-hybridized carbons (Fsp3) is 0.714. The van der Waals surface area contributed by atoms with Crippen molar-refractivity contribution in [3.63, 3.8) is 0 Å². The van der Waals surface area contributed by atoms with Gasteiger partial charge in [-0.05, 0) is 44.1 Å². The van der Waals surface area contributed by atoms with E-state index in [1.54, 1.807) is 0 Å². The number of aromatic nitrogens is 2. The second-order valence-corrected chi connectivity index (χ2v) is 5.77. The van der Waals surface area contributed by atoms with Crippen molar-refractivity contribution in [3.8, 4) is 0 Å². The number of carbonyl (C=O) groups is 1. The summed E-state index contributed by atoms with van der Waals surface area (Å²) in [6.45, 7) is 3.96. The average molecular weight is 247 g/mol. The van der Waals surface area contributed by atoms with Gasteiger partial charge in [-0.2, -0.15) is 5.10 Å². The molecule has 1 aliphatic heterocycles. The van der Waals surface area contributed by atoms with Gasteiger partial charge in [0.05, 0.1) is 5.69 Å². The molecule has 1 amide bonds. The van der Waals surface area contributed by atoms with Gasteiger partial charge < -0.3 is 4.90 Å². The van der Waals surface area contributed by atoms with Crippen molar-refractivity contribution >= 4 is 5.91 Å². The van der Waals surface area contributed by atoms with Crippen LogP contribution in [0.5, 0.6) is 0 Å². The summed E-state index contributed by atoms with van der Waals surface area (Å²) in [7, 11) is 0. The van der Waals surface area contributed by atoms with Crippen LogP contribution in [-0.4, -0.2) is 34.1 Å². The molecule has 4 nitrogen and oxygen atoms in total. The van der Waals surface area contributed by atoms with Crippen molar-refractivity contribution in [2.45, 2.75) is 39.0 Å². The van der Waals surface area contributed by atoms with E-state index in [2.05, 4.69) is 15.1 Å². The van der Waals surface area contributed by atoms with Crippen LogP contribution < -0.4 is 0 Å². The molecule has 2 heterocycles. The van der Waals surface area contributed by atoms with Gasteiger partial charge in [0.2, 0.25) is 5.91 Å². The second kappa shape index (κ2) is 4.75. The molecule has 1 aromatic rings. The number of amides is 1. The number of aromatic amines is 1. The molecule has 1 aliphatic carbocycles. The molecule has 2 aliphatic rings. The summed E-state index contributed by atoms with van der Waals surface area (Å²) in [6.07, 6.45) is 5.35. The monoisotopic (exact) mass is 247 g/mol. The average Bonchev–Trinajstić information content (AvgIpc) is 2.94. The molecule has 1 unspecified atom stereocenters. The number of carbonyl (C=O) groups excluding carboxylic acids is 1. The van der Waals surface area contributed by atoms with Gasteiger partial charge in [-0.3, -0.25) is 9.89 Å². The van der Waals surface area contributed by atoms with Gasteiger partial charge in [0.1, 0.15) is 0 Å². The number of rotatable bonds is 4. The Hall–Kier alpha value is -1.32. The fourth-order valence-electron chi connectivity index (χ4n) is 2.96. The minimum Gasteiger partial charge on any atom is -0.342 e. The minimum absolute atomic E-state index is 0.304. The molecule has 18 heavy (non-hydrogen) atoms. The third-order valence-corrected chi connectivity index (χ3v) is 4.22. The quantitative estimate of drug-likeness (QED) is 0.883. The fourth-order valence-corrected chi connectivity index (χ4v) is 2.96. The van der Waals surface area contributed by atoms with E-state index in [9.17, 15) is 4.79 Å². The van der Waals surface area contributed by atoms with Crippen LogP contribution >= 0.6 is 0 Å². The molecule has 0 spiro atoms. The van der Waals surface area contributed by atoms with Gasteiger partial charge >= 0.3 is 0 Å². The number of likely N-dealkylation sites (tertiary alicyclic amines) is 1. The second-order valence-electron chi connectivity index (χ2n) is 5.77. The van der Waals surface area contributed by atoms with E-state index in [1.807, 2.05) is 13.0 Å². The van der Waals surface area contributed by atoms with Crippen LogP contribution in [0.2, 0.25) is 0 Å². The van der Waals surface area contributed by atoms with E-state index in [1.165, 1.54) is 19.3 Å². The first-order chi connectivity index (χ1) is 8.72. The summed E-state index contributed by atoms with van der Waals surface area (Å²) in [5.74, 6) is 2.03. The molecule has 1 saturated heterocycles. The zero-order valence-electron chi connectivity index (χ0n) is 11.0. The molecular formula is C14H21N3O. The highest BCUT2D eigenvalue weighted by Crippen LogP contribution is 2.41. The van der Waals surface area contributed by atoms with E-state index in [0.717, 1.165) is 42.7 Å². The molecule has 0 radical (unpaired) electrons. The Morgan fingerprint density at radius 2 is 2.28 bits per heavy atom. The number of hydrogen-bond acceptors (Lipinski definition) is 2. The summed E-state index contributed by atoms with van der Waals surface area (Å²) >= 11 is 0. The summed E-state index contributed by atoms with van der Waals surface area (Å²) in [5, 5.41) is 7.09. The van der Waals surface area contributed by atoms with E-state index >= 15 is 0 Å². The lowest BCUT2D eigenvalue weighted by Crippen LogP contribution is -2.29. The molecule has 2 fully saturated rings. The molecule has 1 saturated carbocycles. The maximum Gasteiger partial charge on any atom is 0.222 e. The van der Waals surface area contributed by atoms with Crippen molar-refractivity contribution in [3.05, 3.63) is 17.5 Å². The van der Waals surface area contributed by atoms with Crippen molar-refractivity contribution in [2.75, 3.05) is 13.1 Å². The number of hydrogen-bond donors (Lipinski definition) is 1. The minimum atomic E-state index is 0.304. The molecule has 0 aromatic carbocycles. The van der Waals surface area contributed by atoms with Crippen LogP contribution in [0, 0.1) is 18.8 Å². The van der Waals surface area contributed by atoms with Crippen LogP contribution in [0.15, 0.2) is 6.07 Å².